The van der Waals surface area contributed by atoms with Gasteiger partial charge in [0.25, 0.3) is 0 Å². The van der Waals surface area contributed by atoms with Crippen LogP contribution in [0.4, 0.5) is 5.69 Å². The predicted octanol–water partition coefficient (Wildman–Crippen LogP) is 2.07. The second-order valence-corrected chi connectivity index (χ2v) is 5.74. The number of amides is 1. The van der Waals surface area contributed by atoms with Gasteiger partial charge in [-0.15, -0.1) is 0 Å². The van der Waals surface area contributed by atoms with E-state index in [0.717, 1.165) is 51.0 Å². The molecule has 3 N–H and O–H groups in total. The Balaban J connectivity index is 1.71. The normalized spacial score (nSPS) is 14.4. The second-order valence-electron chi connectivity index (χ2n) is 5.74. The molecule has 116 valence electrons. The van der Waals surface area contributed by atoms with Gasteiger partial charge in [0.2, 0.25) is 5.91 Å². The van der Waals surface area contributed by atoms with Crippen LogP contribution in [0, 0.1) is 0 Å². The van der Waals surface area contributed by atoms with E-state index in [1.54, 1.807) is 0 Å². The number of hydrogen-bond donors (Lipinski definition) is 2. The molecule has 0 aliphatic carbocycles. The second kappa shape index (κ2) is 8.67. The average Bonchev–Trinajstić information content (AvgIpc) is 3.02. The van der Waals surface area contributed by atoms with E-state index in [1.807, 2.05) is 0 Å². The zero-order valence-electron chi connectivity index (χ0n) is 12.8. The Morgan fingerprint density at radius 3 is 2.48 bits per heavy atom. The summed E-state index contributed by atoms with van der Waals surface area (Å²) in [5, 5.41) is 2.97. The molecule has 1 aliphatic rings. The van der Waals surface area contributed by atoms with E-state index in [0.29, 0.717) is 6.42 Å². The molecule has 1 aromatic rings. The predicted molar refractivity (Wildman–Crippen MR) is 87.5 cm³/mol. The molecular formula is C17H27N3O. The summed E-state index contributed by atoms with van der Waals surface area (Å²) in [6.45, 7) is 3.80. The Bertz CT molecular complexity index is 424. The molecule has 2 rings (SSSR count). The minimum atomic E-state index is 0.108. The van der Waals surface area contributed by atoms with Crippen LogP contribution in [0.2, 0.25) is 0 Å². The summed E-state index contributed by atoms with van der Waals surface area (Å²) in [5.74, 6) is 0.108. The number of nitrogens with one attached hydrogen (secondary N) is 1. The highest BCUT2D eigenvalue weighted by Crippen LogP contribution is 2.20. The number of unbranched alkanes of at least 4 members (excludes halogenated alkanes) is 2. The summed E-state index contributed by atoms with van der Waals surface area (Å²) in [6, 6.07) is 8.41. The molecule has 1 heterocycles. The van der Waals surface area contributed by atoms with Crippen molar-refractivity contribution in [1.29, 1.82) is 0 Å². The molecule has 21 heavy (non-hydrogen) atoms. The lowest BCUT2D eigenvalue weighted by molar-refractivity contribution is -0.120. The molecule has 0 spiro atoms. The van der Waals surface area contributed by atoms with Crippen LogP contribution in [0.3, 0.4) is 0 Å². The topological polar surface area (TPSA) is 58.4 Å². The molecule has 1 aromatic carbocycles. The summed E-state index contributed by atoms with van der Waals surface area (Å²) in [5.41, 5.74) is 7.80. The Hall–Kier alpha value is -1.55. The summed E-state index contributed by atoms with van der Waals surface area (Å²) in [6.07, 6.45) is 6.17. The fourth-order valence-corrected chi connectivity index (χ4v) is 2.72. The lowest BCUT2D eigenvalue weighted by atomic mass is 10.1. The summed E-state index contributed by atoms with van der Waals surface area (Å²) >= 11 is 0. The molecule has 0 aromatic heterocycles. The zero-order valence-corrected chi connectivity index (χ0v) is 12.8. The molecule has 0 saturated carbocycles. The molecule has 1 fully saturated rings. The molecule has 1 saturated heterocycles. The van der Waals surface area contributed by atoms with Gasteiger partial charge in [0, 0.05) is 25.3 Å². The maximum absolute atomic E-state index is 11.8. The first-order valence-electron chi connectivity index (χ1n) is 8.10. The number of rotatable bonds is 8. The largest absolute Gasteiger partial charge is 0.372 e. The van der Waals surface area contributed by atoms with Crippen LogP contribution in [-0.2, 0) is 11.2 Å². The van der Waals surface area contributed by atoms with E-state index in [1.165, 1.54) is 18.5 Å². The lowest BCUT2D eigenvalue weighted by Gasteiger charge is -2.17. The number of nitrogens with zero attached hydrogens (tertiary/aromatic N) is 1. The number of nitrogens with two attached hydrogens (primary N) is 1. The van der Waals surface area contributed by atoms with Crippen molar-refractivity contribution in [3.05, 3.63) is 29.8 Å². The molecular weight excluding hydrogens is 262 g/mol. The van der Waals surface area contributed by atoms with Crippen molar-refractivity contribution < 1.29 is 4.79 Å². The highest BCUT2D eigenvalue weighted by Gasteiger charge is 2.12. The van der Waals surface area contributed by atoms with Crippen LogP contribution in [0.5, 0.6) is 0 Å². The smallest absolute Gasteiger partial charge is 0.224 e. The first kappa shape index (κ1) is 15.8. The third-order valence-electron chi connectivity index (χ3n) is 3.98. The minimum Gasteiger partial charge on any atom is -0.372 e. The monoisotopic (exact) mass is 289 g/mol. The van der Waals surface area contributed by atoms with Crippen LogP contribution in [0.25, 0.3) is 0 Å². The van der Waals surface area contributed by atoms with Crippen molar-refractivity contribution in [3.63, 3.8) is 0 Å². The zero-order chi connectivity index (χ0) is 14.9. The molecule has 4 nitrogen and oxygen atoms in total. The van der Waals surface area contributed by atoms with Gasteiger partial charge in [-0.05, 0) is 49.9 Å². The SMILES string of the molecule is NCCCCCNC(=O)Cc1ccc(N2CCCC2)cc1. The lowest BCUT2D eigenvalue weighted by Crippen LogP contribution is -2.26. The highest BCUT2D eigenvalue weighted by atomic mass is 16.1. The minimum absolute atomic E-state index is 0.108. The van der Waals surface area contributed by atoms with Gasteiger partial charge in [-0.1, -0.05) is 18.6 Å². The fraction of sp³-hybridized carbons (Fsp3) is 0.588. The van der Waals surface area contributed by atoms with Crippen molar-refractivity contribution in [2.75, 3.05) is 31.1 Å². The Labute approximate surface area is 127 Å². The van der Waals surface area contributed by atoms with E-state index in [-0.39, 0.29) is 5.91 Å². The first-order valence-corrected chi connectivity index (χ1v) is 8.10. The summed E-state index contributed by atoms with van der Waals surface area (Å²) < 4.78 is 0. The van der Waals surface area contributed by atoms with Crippen molar-refractivity contribution in [3.8, 4) is 0 Å². The van der Waals surface area contributed by atoms with Crippen molar-refractivity contribution >= 4 is 11.6 Å². The van der Waals surface area contributed by atoms with E-state index in [4.69, 9.17) is 5.73 Å². The fourth-order valence-electron chi connectivity index (χ4n) is 2.72. The molecule has 1 aliphatic heterocycles. The molecule has 0 atom stereocenters. The van der Waals surface area contributed by atoms with Gasteiger partial charge in [0.05, 0.1) is 6.42 Å². The van der Waals surface area contributed by atoms with Crippen molar-refractivity contribution in [2.24, 2.45) is 5.73 Å². The summed E-state index contributed by atoms with van der Waals surface area (Å²) in [7, 11) is 0. The number of carbonyl (C=O) groups excluding carboxylic acids is 1. The van der Waals surface area contributed by atoms with Crippen LogP contribution >= 0.6 is 0 Å². The molecule has 4 heteroatoms. The van der Waals surface area contributed by atoms with Gasteiger partial charge < -0.3 is 16.0 Å². The van der Waals surface area contributed by atoms with Gasteiger partial charge in [0.1, 0.15) is 0 Å². The Morgan fingerprint density at radius 1 is 1.10 bits per heavy atom. The van der Waals surface area contributed by atoms with Crippen LogP contribution in [0.15, 0.2) is 24.3 Å². The molecule has 0 unspecified atom stereocenters. The quantitative estimate of drug-likeness (QED) is 0.720. The maximum Gasteiger partial charge on any atom is 0.224 e. The van der Waals surface area contributed by atoms with Gasteiger partial charge in [-0.25, -0.2) is 0 Å². The van der Waals surface area contributed by atoms with E-state index in [9.17, 15) is 4.79 Å². The molecule has 0 bridgehead atoms. The van der Waals surface area contributed by atoms with Gasteiger partial charge >= 0.3 is 0 Å². The Morgan fingerprint density at radius 2 is 1.81 bits per heavy atom. The molecule has 1 amide bonds. The van der Waals surface area contributed by atoms with Crippen LogP contribution in [-0.4, -0.2) is 32.1 Å². The van der Waals surface area contributed by atoms with Crippen LogP contribution < -0.4 is 16.0 Å². The molecule has 0 radical (unpaired) electrons. The van der Waals surface area contributed by atoms with Gasteiger partial charge in [-0.3, -0.25) is 4.79 Å². The van der Waals surface area contributed by atoms with E-state index in [2.05, 4.69) is 34.5 Å². The number of carbonyl (C=O) groups is 1. The number of hydrogen-bond acceptors (Lipinski definition) is 3. The maximum atomic E-state index is 11.8. The first-order chi connectivity index (χ1) is 10.3. The van der Waals surface area contributed by atoms with Gasteiger partial charge in [0.15, 0.2) is 0 Å². The number of benzene rings is 1. The van der Waals surface area contributed by atoms with Crippen molar-refractivity contribution in [2.45, 2.75) is 38.5 Å². The average molecular weight is 289 g/mol. The highest BCUT2D eigenvalue weighted by molar-refractivity contribution is 5.78. The van der Waals surface area contributed by atoms with Crippen LogP contribution in [0.1, 0.15) is 37.7 Å². The third kappa shape index (κ3) is 5.38. The Kier molecular flexibility index (Phi) is 6.54. The van der Waals surface area contributed by atoms with E-state index < -0.39 is 0 Å². The summed E-state index contributed by atoms with van der Waals surface area (Å²) in [4.78, 5) is 14.2. The van der Waals surface area contributed by atoms with Gasteiger partial charge in [-0.2, -0.15) is 0 Å². The van der Waals surface area contributed by atoms with E-state index >= 15 is 0 Å². The third-order valence-corrected chi connectivity index (χ3v) is 3.98. The number of anilines is 1. The standard InChI is InChI=1S/C17H27N3O/c18-10-2-1-3-11-19-17(21)14-15-6-8-16(9-7-15)20-12-4-5-13-20/h6-9H,1-5,10-14,18H2,(H,19,21). The van der Waals surface area contributed by atoms with Crippen molar-refractivity contribution in [1.82, 2.24) is 5.32 Å².